The number of carbonyl (C=O) groups excluding carboxylic acids is 1. The first-order chi connectivity index (χ1) is 9.70. The van der Waals surface area contributed by atoms with E-state index >= 15 is 0 Å². The molecule has 1 aromatic rings. The molecule has 1 heterocycles. The molecule has 5 heteroatoms. The van der Waals surface area contributed by atoms with E-state index in [4.69, 9.17) is 9.47 Å². The van der Waals surface area contributed by atoms with Gasteiger partial charge in [0.25, 0.3) is 5.91 Å². The third-order valence-corrected chi connectivity index (χ3v) is 3.27. The Balaban J connectivity index is 1.89. The van der Waals surface area contributed by atoms with Crippen LogP contribution in [0.4, 0.5) is 0 Å². The Morgan fingerprint density at radius 1 is 1.50 bits per heavy atom. The van der Waals surface area contributed by atoms with Crippen molar-refractivity contribution < 1.29 is 14.3 Å². The first-order valence-corrected chi connectivity index (χ1v) is 7.06. The molecule has 2 N–H and O–H groups in total. The van der Waals surface area contributed by atoms with Gasteiger partial charge in [0, 0.05) is 13.1 Å². The maximum absolute atomic E-state index is 12.1. The number of hydrogen-bond donors (Lipinski definition) is 2. The molecule has 1 amide bonds. The largest absolute Gasteiger partial charge is 0.494 e. The zero-order chi connectivity index (χ0) is 14.4. The van der Waals surface area contributed by atoms with Crippen LogP contribution in [0, 0.1) is 0 Å². The van der Waals surface area contributed by atoms with E-state index in [1.54, 1.807) is 0 Å². The first-order valence-electron chi connectivity index (χ1n) is 7.06. The molecule has 0 bridgehead atoms. The van der Waals surface area contributed by atoms with Crippen molar-refractivity contribution in [2.24, 2.45) is 0 Å². The van der Waals surface area contributed by atoms with Crippen molar-refractivity contribution in [1.29, 1.82) is 0 Å². The highest BCUT2D eigenvalue weighted by molar-refractivity contribution is 5.81. The molecule has 0 aliphatic carbocycles. The molecule has 1 aliphatic rings. The second kappa shape index (κ2) is 7.26. The maximum Gasteiger partial charge on any atom is 0.250 e. The third-order valence-electron chi connectivity index (χ3n) is 3.27. The minimum Gasteiger partial charge on any atom is -0.494 e. The number of benzene rings is 1. The average Bonchev–Trinajstić information content (AvgIpc) is 2.49. The summed E-state index contributed by atoms with van der Waals surface area (Å²) in [6, 6.07) is 7.72. The van der Waals surface area contributed by atoms with Gasteiger partial charge < -0.3 is 20.1 Å². The minimum atomic E-state index is -0.395. The van der Waals surface area contributed by atoms with E-state index in [-0.39, 0.29) is 11.9 Å². The summed E-state index contributed by atoms with van der Waals surface area (Å²) >= 11 is 0. The predicted octanol–water partition coefficient (Wildman–Crippen LogP) is 1.25. The van der Waals surface area contributed by atoms with Crippen LogP contribution in [-0.2, 0) is 9.53 Å². The number of ether oxygens (including phenoxy) is 2. The monoisotopic (exact) mass is 278 g/mol. The molecule has 1 aliphatic heterocycles. The molecule has 0 spiro atoms. The van der Waals surface area contributed by atoms with Gasteiger partial charge in [-0.05, 0) is 31.5 Å². The Bertz CT molecular complexity index is 427. The van der Waals surface area contributed by atoms with Gasteiger partial charge in [-0.1, -0.05) is 12.1 Å². The molecule has 2 atom stereocenters. The van der Waals surface area contributed by atoms with Crippen molar-refractivity contribution in [1.82, 2.24) is 10.6 Å². The van der Waals surface area contributed by atoms with E-state index in [1.165, 1.54) is 0 Å². The van der Waals surface area contributed by atoms with Crippen LogP contribution < -0.4 is 15.4 Å². The van der Waals surface area contributed by atoms with Gasteiger partial charge in [0.2, 0.25) is 0 Å². The molecule has 110 valence electrons. The summed E-state index contributed by atoms with van der Waals surface area (Å²) in [4.78, 5) is 12.1. The Morgan fingerprint density at radius 2 is 2.25 bits per heavy atom. The number of carbonyl (C=O) groups is 1. The smallest absolute Gasteiger partial charge is 0.250 e. The van der Waals surface area contributed by atoms with Crippen LogP contribution in [0.15, 0.2) is 24.3 Å². The van der Waals surface area contributed by atoms with Crippen LogP contribution in [0.25, 0.3) is 0 Å². The van der Waals surface area contributed by atoms with Gasteiger partial charge in [0.1, 0.15) is 11.9 Å². The summed E-state index contributed by atoms with van der Waals surface area (Å²) in [6.45, 7) is 6.52. The van der Waals surface area contributed by atoms with Gasteiger partial charge in [-0.2, -0.15) is 0 Å². The summed E-state index contributed by atoms with van der Waals surface area (Å²) in [5.41, 5.74) is 1.05. The number of hydrogen-bond acceptors (Lipinski definition) is 4. The van der Waals surface area contributed by atoms with Crippen LogP contribution in [0.3, 0.4) is 0 Å². The molecule has 0 saturated carbocycles. The molecule has 1 fully saturated rings. The third kappa shape index (κ3) is 3.95. The summed E-state index contributed by atoms with van der Waals surface area (Å²) in [5, 5.41) is 6.12. The highest BCUT2D eigenvalue weighted by Crippen LogP contribution is 2.17. The lowest BCUT2D eigenvalue weighted by molar-refractivity contribution is -0.134. The van der Waals surface area contributed by atoms with Gasteiger partial charge in [-0.15, -0.1) is 0 Å². The van der Waals surface area contributed by atoms with Crippen molar-refractivity contribution in [3.05, 3.63) is 29.8 Å². The number of nitrogens with one attached hydrogen (secondary N) is 2. The van der Waals surface area contributed by atoms with Crippen LogP contribution in [-0.4, -0.2) is 38.3 Å². The summed E-state index contributed by atoms with van der Waals surface area (Å²) in [5.74, 6) is 0.771. The van der Waals surface area contributed by atoms with Crippen LogP contribution in [0.5, 0.6) is 5.75 Å². The van der Waals surface area contributed by atoms with Crippen molar-refractivity contribution in [2.75, 3.05) is 26.3 Å². The zero-order valence-corrected chi connectivity index (χ0v) is 12.0. The maximum atomic E-state index is 12.1. The standard InChI is InChI=1S/C15H22N2O3/c1-3-19-13-6-4-12(5-7-13)11(2)17-15(18)14-10-16-8-9-20-14/h4-7,11,14,16H,3,8-10H2,1-2H3,(H,17,18). The molecule has 1 saturated heterocycles. The molecule has 0 radical (unpaired) electrons. The summed E-state index contributed by atoms with van der Waals surface area (Å²) in [6.07, 6.45) is -0.395. The molecule has 5 nitrogen and oxygen atoms in total. The van der Waals surface area contributed by atoms with Crippen LogP contribution in [0.1, 0.15) is 25.5 Å². The first kappa shape index (κ1) is 14.8. The molecular formula is C15H22N2O3. The Kier molecular flexibility index (Phi) is 5.38. The fourth-order valence-electron chi connectivity index (χ4n) is 2.14. The number of amides is 1. The lowest BCUT2D eigenvalue weighted by Gasteiger charge is -2.24. The van der Waals surface area contributed by atoms with E-state index in [0.717, 1.165) is 17.9 Å². The average molecular weight is 278 g/mol. The lowest BCUT2D eigenvalue weighted by Crippen LogP contribution is -2.48. The van der Waals surface area contributed by atoms with Gasteiger partial charge in [-0.25, -0.2) is 0 Å². The van der Waals surface area contributed by atoms with Gasteiger partial charge in [-0.3, -0.25) is 4.79 Å². The van der Waals surface area contributed by atoms with Crippen molar-refractivity contribution in [2.45, 2.75) is 26.0 Å². The van der Waals surface area contributed by atoms with Gasteiger partial charge in [0.05, 0.1) is 19.3 Å². The second-order valence-electron chi connectivity index (χ2n) is 4.80. The van der Waals surface area contributed by atoms with Crippen LogP contribution in [0.2, 0.25) is 0 Å². The van der Waals surface area contributed by atoms with Gasteiger partial charge in [0.15, 0.2) is 0 Å². The topological polar surface area (TPSA) is 59.6 Å². The Morgan fingerprint density at radius 3 is 2.85 bits per heavy atom. The SMILES string of the molecule is CCOc1ccc(C(C)NC(=O)C2CNCCO2)cc1. The van der Waals surface area contributed by atoms with Crippen LogP contribution >= 0.6 is 0 Å². The summed E-state index contributed by atoms with van der Waals surface area (Å²) in [7, 11) is 0. The van der Waals surface area contributed by atoms with E-state index in [9.17, 15) is 4.79 Å². The fraction of sp³-hybridized carbons (Fsp3) is 0.533. The Labute approximate surface area is 119 Å². The van der Waals surface area contributed by atoms with Gasteiger partial charge >= 0.3 is 0 Å². The predicted molar refractivity (Wildman–Crippen MR) is 76.8 cm³/mol. The molecular weight excluding hydrogens is 256 g/mol. The second-order valence-corrected chi connectivity index (χ2v) is 4.80. The zero-order valence-electron chi connectivity index (χ0n) is 12.0. The normalized spacial score (nSPS) is 20.2. The van der Waals surface area contributed by atoms with E-state index < -0.39 is 6.10 Å². The minimum absolute atomic E-state index is 0.0521. The van der Waals surface area contributed by atoms with E-state index in [0.29, 0.717) is 19.8 Å². The number of morpholine rings is 1. The molecule has 2 unspecified atom stereocenters. The van der Waals surface area contributed by atoms with Crippen molar-refractivity contribution >= 4 is 5.91 Å². The lowest BCUT2D eigenvalue weighted by atomic mass is 10.1. The molecule has 20 heavy (non-hydrogen) atoms. The van der Waals surface area contributed by atoms with E-state index in [1.807, 2.05) is 38.1 Å². The van der Waals surface area contributed by atoms with Crippen molar-refractivity contribution in [3.63, 3.8) is 0 Å². The Hall–Kier alpha value is -1.59. The fourth-order valence-corrected chi connectivity index (χ4v) is 2.14. The quantitative estimate of drug-likeness (QED) is 0.851. The molecule has 2 rings (SSSR count). The highest BCUT2D eigenvalue weighted by Gasteiger charge is 2.23. The van der Waals surface area contributed by atoms with E-state index in [2.05, 4.69) is 10.6 Å². The molecule has 0 aromatic heterocycles. The molecule has 1 aromatic carbocycles. The number of rotatable bonds is 5. The van der Waals surface area contributed by atoms with Crippen molar-refractivity contribution in [3.8, 4) is 5.75 Å². The summed E-state index contributed by atoms with van der Waals surface area (Å²) < 4.78 is 10.8. The highest BCUT2D eigenvalue weighted by atomic mass is 16.5.